The second-order valence-corrected chi connectivity index (χ2v) is 3.08. The van der Waals surface area contributed by atoms with Gasteiger partial charge in [0.1, 0.15) is 11.9 Å². The van der Waals surface area contributed by atoms with E-state index in [1.807, 2.05) is 6.92 Å². The molecule has 1 aromatic rings. The van der Waals surface area contributed by atoms with Crippen molar-refractivity contribution in [2.45, 2.75) is 19.9 Å². The zero-order valence-electron chi connectivity index (χ0n) is 7.00. The molecule has 0 radical (unpaired) electrons. The lowest BCUT2D eigenvalue weighted by molar-refractivity contribution is 0.597. The van der Waals surface area contributed by atoms with E-state index in [9.17, 15) is 0 Å². The lowest BCUT2D eigenvalue weighted by Gasteiger charge is -2.08. The van der Waals surface area contributed by atoms with Crippen LogP contribution in [0.2, 0.25) is 5.02 Å². The minimum atomic E-state index is -0.226. The fourth-order valence-corrected chi connectivity index (χ4v) is 0.938. The molecular weight excluding hydrogens is 176 g/mol. The van der Waals surface area contributed by atoms with Gasteiger partial charge in [0.2, 0.25) is 0 Å². The van der Waals surface area contributed by atoms with E-state index < -0.39 is 0 Å². The van der Waals surface area contributed by atoms with Crippen molar-refractivity contribution >= 4 is 17.4 Å². The van der Waals surface area contributed by atoms with Gasteiger partial charge in [0, 0.05) is 6.20 Å². The van der Waals surface area contributed by atoms with Crippen LogP contribution in [0.3, 0.4) is 0 Å². The van der Waals surface area contributed by atoms with E-state index in [2.05, 4.69) is 5.10 Å². The summed E-state index contributed by atoms with van der Waals surface area (Å²) in [7, 11) is 0. The molecule has 1 rings (SSSR count). The molecule has 1 aromatic heterocycles. The van der Waals surface area contributed by atoms with Crippen LogP contribution in [-0.2, 0) is 0 Å². The predicted octanol–water partition coefficient (Wildman–Crippen LogP) is 1.34. The Kier molecular flexibility index (Phi) is 2.38. The van der Waals surface area contributed by atoms with Crippen LogP contribution in [-0.4, -0.2) is 15.6 Å². The molecule has 3 N–H and O–H groups in total. The maximum absolute atomic E-state index is 7.19. The Bertz CT molecular complexity index is 285. The molecule has 5 heteroatoms. The maximum atomic E-state index is 7.19. The number of amidine groups is 1. The van der Waals surface area contributed by atoms with E-state index >= 15 is 0 Å². The van der Waals surface area contributed by atoms with Gasteiger partial charge in [-0.15, -0.1) is 0 Å². The fraction of sp³-hybridized carbons (Fsp3) is 0.429. The molecule has 0 fully saturated rings. The molecule has 4 nitrogen and oxygen atoms in total. The average molecular weight is 187 g/mol. The molecule has 1 unspecified atom stereocenters. The molecule has 0 aliphatic rings. The topological polar surface area (TPSA) is 67.7 Å². The number of hydrogen-bond donors (Lipinski definition) is 2. The first-order chi connectivity index (χ1) is 5.52. The number of nitrogens with zero attached hydrogens (tertiary/aromatic N) is 2. The van der Waals surface area contributed by atoms with Crippen molar-refractivity contribution in [3.05, 3.63) is 16.9 Å². The predicted molar refractivity (Wildman–Crippen MR) is 48.6 cm³/mol. The van der Waals surface area contributed by atoms with E-state index in [0.717, 1.165) is 5.69 Å². The van der Waals surface area contributed by atoms with Crippen LogP contribution in [0.15, 0.2) is 6.20 Å². The summed E-state index contributed by atoms with van der Waals surface area (Å²) < 4.78 is 1.58. The van der Waals surface area contributed by atoms with E-state index in [4.69, 9.17) is 22.7 Å². The van der Waals surface area contributed by atoms with Crippen LogP contribution in [0.25, 0.3) is 0 Å². The number of hydrogen-bond acceptors (Lipinski definition) is 2. The normalized spacial score (nSPS) is 12.9. The Hall–Kier alpha value is -1.03. The number of aromatic nitrogens is 2. The second-order valence-electron chi connectivity index (χ2n) is 2.67. The van der Waals surface area contributed by atoms with Gasteiger partial charge in [-0.3, -0.25) is 10.1 Å². The molecule has 1 atom stereocenters. The van der Waals surface area contributed by atoms with Gasteiger partial charge in [-0.2, -0.15) is 5.10 Å². The number of rotatable bonds is 2. The zero-order valence-corrected chi connectivity index (χ0v) is 7.76. The second kappa shape index (κ2) is 3.15. The Morgan fingerprint density at radius 2 is 2.42 bits per heavy atom. The van der Waals surface area contributed by atoms with Gasteiger partial charge in [0.05, 0.1) is 10.7 Å². The van der Waals surface area contributed by atoms with Gasteiger partial charge in [0.25, 0.3) is 0 Å². The van der Waals surface area contributed by atoms with Crippen LogP contribution in [0.5, 0.6) is 0 Å². The molecule has 0 aliphatic carbocycles. The summed E-state index contributed by atoms with van der Waals surface area (Å²) in [6.45, 7) is 3.61. The Labute approximate surface area is 75.8 Å². The highest BCUT2D eigenvalue weighted by molar-refractivity contribution is 6.31. The highest BCUT2D eigenvalue weighted by Gasteiger charge is 2.10. The van der Waals surface area contributed by atoms with Gasteiger partial charge in [-0.1, -0.05) is 11.6 Å². The SMILES string of the molecule is Cc1nn(C(C)C(=N)N)cc1Cl. The minimum absolute atomic E-state index is 0.0779. The van der Waals surface area contributed by atoms with Gasteiger partial charge in [-0.25, -0.2) is 0 Å². The zero-order chi connectivity index (χ0) is 9.30. The molecule has 0 saturated carbocycles. The Balaban J connectivity index is 2.96. The first-order valence-electron chi connectivity index (χ1n) is 3.57. The van der Waals surface area contributed by atoms with Gasteiger partial charge in [-0.05, 0) is 13.8 Å². The van der Waals surface area contributed by atoms with Crippen molar-refractivity contribution in [2.24, 2.45) is 5.73 Å². The molecule has 66 valence electrons. The lowest BCUT2D eigenvalue weighted by atomic mass is 10.3. The van der Waals surface area contributed by atoms with Crippen molar-refractivity contribution in [1.29, 1.82) is 5.41 Å². The first-order valence-corrected chi connectivity index (χ1v) is 3.95. The number of nitrogens with one attached hydrogen (secondary N) is 1. The fourth-order valence-electron chi connectivity index (χ4n) is 0.800. The van der Waals surface area contributed by atoms with E-state index in [-0.39, 0.29) is 11.9 Å². The highest BCUT2D eigenvalue weighted by atomic mass is 35.5. The van der Waals surface area contributed by atoms with Gasteiger partial charge < -0.3 is 5.73 Å². The Morgan fingerprint density at radius 1 is 1.83 bits per heavy atom. The van der Waals surface area contributed by atoms with Crippen LogP contribution < -0.4 is 5.73 Å². The monoisotopic (exact) mass is 186 g/mol. The third kappa shape index (κ3) is 1.58. The van der Waals surface area contributed by atoms with Gasteiger partial charge >= 0.3 is 0 Å². The van der Waals surface area contributed by atoms with E-state index in [0.29, 0.717) is 5.02 Å². The van der Waals surface area contributed by atoms with Crippen molar-refractivity contribution in [1.82, 2.24) is 9.78 Å². The molecule has 0 saturated heterocycles. The third-order valence-electron chi connectivity index (χ3n) is 1.70. The molecule has 0 amide bonds. The van der Waals surface area contributed by atoms with Crippen LogP contribution in [0, 0.1) is 12.3 Å². The molecule has 0 bridgehead atoms. The molecule has 1 heterocycles. The van der Waals surface area contributed by atoms with E-state index in [1.165, 1.54) is 0 Å². The summed E-state index contributed by atoms with van der Waals surface area (Å²) in [4.78, 5) is 0. The Morgan fingerprint density at radius 3 is 2.75 bits per heavy atom. The lowest BCUT2D eigenvalue weighted by Crippen LogP contribution is -2.23. The van der Waals surface area contributed by atoms with Crippen molar-refractivity contribution in [3.63, 3.8) is 0 Å². The quantitative estimate of drug-likeness (QED) is 0.541. The largest absolute Gasteiger partial charge is 0.386 e. The summed E-state index contributed by atoms with van der Waals surface area (Å²) >= 11 is 5.78. The maximum Gasteiger partial charge on any atom is 0.116 e. The summed E-state index contributed by atoms with van der Waals surface area (Å²) in [6, 6.07) is -0.226. The summed E-state index contributed by atoms with van der Waals surface area (Å²) in [6.07, 6.45) is 1.67. The van der Waals surface area contributed by atoms with Crippen LogP contribution >= 0.6 is 11.6 Å². The van der Waals surface area contributed by atoms with Crippen molar-refractivity contribution in [3.8, 4) is 0 Å². The molecule has 0 spiro atoms. The van der Waals surface area contributed by atoms with Crippen LogP contribution in [0.1, 0.15) is 18.7 Å². The van der Waals surface area contributed by atoms with Crippen molar-refractivity contribution < 1.29 is 0 Å². The highest BCUT2D eigenvalue weighted by Crippen LogP contribution is 2.15. The molecular formula is C7H11ClN4. The minimum Gasteiger partial charge on any atom is -0.386 e. The molecule has 0 aromatic carbocycles. The summed E-state index contributed by atoms with van der Waals surface area (Å²) in [5.74, 6) is 0.0779. The first kappa shape index (κ1) is 9.06. The van der Waals surface area contributed by atoms with Gasteiger partial charge in [0.15, 0.2) is 0 Å². The smallest absolute Gasteiger partial charge is 0.116 e. The van der Waals surface area contributed by atoms with Crippen LogP contribution in [0.4, 0.5) is 0 Å². The molecule has 12 heavy (non-hydrogen) atoms. The summed E-state index contributed by atoms with van der Waals surface area (Å²) in [5.41, 5.74) is 6.06. The van der Waals surface area contributed by atoms with E-state index in [1.54, 1.807) is 17.8 Å². The number of halogens is 1. The van der Waals surface area contributed by atoms with Crippen molar-refractivity contribution in [2.75, 3.05) is 0 Å². The molecule has 0 aliphatic heterocycles. The standard InChI is InChI=1S/C7H11ClN4/c1-4-6(8)3-12(11-4)5(2)7(9)10/h3,5H,1-2H3,(H3,9,10). The summed E-state index contributed by atoms with van der Waals surface area (Å²) in [5, 5.41) is 11.9. The third-order valence-corrected chi connectivity index (χ3v) is 2.07. The number of aryl methyl sites for hydroxylation is 1. The number of nitrogens with two attached hydrogens (primary N) is 1. The average Bonchev–Trinajstić information content (AvgIpc) is 2.30.